The van der Waals surface area contributed by atoms with Gasteiger partial charge in [0.05, 0.1) is 10.6 Å². The molecule has 0 aliphatic carbocycles. The van der Waals surface area contributed by atoms with Crippen LogP contribution in [0.2, 0.25) is 0 Å². The highest BCUT2D eigenvalue weighted by Gasteiger charge is 2.15. The second kappa shape index (κ2) is 8.27. The minimum absolute atomic E-state index is 0.0448. The van der Waals surface area contributed by atoms with E-state index in [-0.39, 0.29) is 16.6 Å². The lowest BCUT2D eigenvalue weighted by atomic mass is 10.1. The molecule has 27 heavy (non-hydrogen) atoms. The van der Waals surface area contributed by atoms with Crippen LogP contribution in [0.25, 0.3) is 11.3 Å². The van der Waals surface area contributed by atoms with Crippen LogP contribution in [0.1, 0.15) is 10.6 Å². The first-order valence-corrected chi connectivity index (χ1v) is 9.14. The van der Waals surface area contributed by atoms with Crippen molar-refractivity contribution in [1.82, 2.24) is 5.32 Å². The second-order valence-electron chi connectivity index (χ2n) is 5.36. The Morgan fingerprint density at radius 1 is 1.11 bits per heavy atom. The van der Waals surface area contributed by atoms with E-state index in [4.69, 9.17) is 16.6 Å². The lowest BCUT2D eigenvalue weighted by molar-refractivity contribution is -0.384. The van der Waals surface area contributed by atoms with E-state index in [1.165, 1.54) is 18.2 Å². The Morgan fingerprint density at radius 3 is 2.63 bits per heavy atom. The van der Waals surface area contributed by atoms with Crippen molar-refractivity contribution in [3.05, 3.63) is 80.1 Å². The number of halogens is 1. The molecule has 2 aromatic carbocycles. The Morgan fingerprint density at radius 2 is 1.89 bits per heavy atom. The van der Waals surface area contributed by atoms with Crippen molar-refractivity contribution in [2.75, 3.05) is 5.32 Å². The minimum Gasteiger partial charge on any atom is -0.451 e. The first kappa shape index (κ1) is 19.0. The predicted octanol–water partition coefficient (Wildman–Crippen LogP) is 4.59. The van der Waals surface area contributed by atoms with Crippen LogP contribution < -0.4 is 10.6 Å². The molecule has 2 N–H and O–H groups in total. The number of benzene rings is 2. The molecule has 0 fully saturated rings. The van der Waals surface area contributed by atoms with Gasteiger partial charge in [0.2, 0.25) is 0 Å². The van der Waals surface area contributed by atoms with E-state index in [1.807, 2.05) is 24.3 Å². The molecule has 0 aliphatic rings. The summed E-state index contributed by atoms with van der Waals surface area (Å²) in [6.07, 6.45) is 0. The molecule has 0 radical (unpaired) electrons. The van der Waals surface area contributed by atoms with Crippen LogP contribution in [0, 0.1) is 13.7 Å². The summed E-state index contributed by atoms with van der Waals surface area (Å²) in [4.78, 5) is 22.7. The second-order valence-corrected chi connectivity index (χ2v) is 6.93. The van der Waals surface area contributed by atoms with Gasteiger partial charge in [-0.25, -0.2) is 0 Å². The van der Waals surface area contributed by atoms with Crippen molar-refractivity contribution >= 4 is 57.2 Å². The molecule has 9 heteroatoms. The topological polar surface area (TPSA) is 97.4 Å². The highest BCUT2D eigenvalue weighted by atomic mass is 127. The number of para-hydroxylation sites is 1. The third-order valence-electron chi connectivity index (χ3n) is 3.52. The average Bonchev–Trinajstić information content (AvgIpc) is 3.14. The van der Waals surface area contributed by atoms with Crippen molar-refractivity contribution < 1.29 is 14.1 Å². The van der Waals surface area contributed by atoms with E-state index >= 15 is 0 Å². The minimum atomic E-state index is -0.518. The highest BCUT2D eigenvalue weighted by molar-refractivity contribution is 14.1. The zero-order valence-corrected chi connectivity index (χ0v) is 16.6. The van der Waals surface area contributed by atoms with Gasteiger partial charge in [-0.15, -0.1) is 0 Å². The smallest absolute Gasteiger partial charge is 0.293 e. The molecule has 0 saturated carbocycles. The maximum atomic E-state index is 12.3. The summed E-state index contributed by atoms with van der Waals surface area (Å²) in [5, 5.41) is 16.5. The van der Waals surface area contributed by atoms with Crippen LogP contribution >= 0.6 is 34.8 Å². The van der Waals surface area contributed by atoms with Crippen LogP contribution in [0.5, 0.6) is 0 Å². The SMILES string of the molecule is O=C(NC(=S)Nc1ccccc1I)c1ccc(-c2cccc([N+](=O)[O-])c2)o1. The van der Waals surface area contributed by atoms with E-state index in [9.17, 15) is 14.9 Å². The van der Waals surface area contributed by atoms with E-state index in [1.54, 1.807) is 18.2 Å². The molecule has 0 atom stereocenters. The molecule has 0 aliphatic heterocycles. The normalized spacial score (nSPS) is 10.3. The van der Waals surface area contributed by atoms with Crippen molar-refractivity contribution in [3.8, 4) is 11.3 Å². The number of hydrogen-bond acceptors (Lipinski definition) is 5. The van der Waals surface area contributed by atoms with Crippen molar-refractivity contribution in [3.63, 3.8) is 0 Å². The Balaban J connectivity index is 1.70. The van der Waals surface area contributed by atoms with Gasteiger partial charge >= 0.3 is 0 Å². The molecular formula is C18H12IN3O4S. The number of thiocarbonyl (C=S) groups is 1. The number of nitrogens with zero attached hydrogens (tertiary/aromatic N) is 1. The molecule has 0 spiro atoms. The van der Waals surface area contributed by atoms with E-state index < -0.39 is 10.8 Å². The van der Waals surface area contributed by atoms with Gasteiger partial charge < -0.3 is 9.73 Å². The highest BCUT2D eigenvalue weighted by Crippen LogP contribution is 2.25. The fourth-order valence-electron chi connectivity index (χ4n) is 2.27. The van der Waals surface area contributed by atoms with Crippen LogP contribution in [-0.4, -0.2) is 15.9 Å². The summed E-state index contributed by atoms with van der Waals surface area (Å²) in [5.74, 6) is -0.126. The maximum Gasteiger partial charge on any atom is 0.293 e. The molecule has 0 unspecified atom stereocenters. The van der Waals surface area contributed by atoms with Gasteiger partial charge in [0, 0.05) is 21.3 Å². The quantitative estimate of drug-likeness (QED) is 0.239. The fraction of sp³-hybridized carbons (Fsp3) is 0. The summed E-state index contributed by atoms with van der Waals surface area (Å²) >= 11 is 7.31. The van der Waals surface area contributed by atoms with Gasteiger partial charge in [-0.1, -0.05) is 24.3 Å². The summed E-state index contributed by atoms with van der Waals surface area (Å²) in [7, 11) is 0. The van der Waals surface area contributed by atoms with Crippen LogP contribution in [-0.2, 0) is 0 Å². The first-order valence-electron chi connectivity index (χ1n) is 7.65. The summed E-state index contributed by atoms with van der Waals surface area (Å²) < 4.78 is 6.47. The lowest BCUT2D eigenvalue weighted by Crippen LogP contribution is -2.34. The van der Waals surface area contributed by atoms with Gasteiger partial charge in [0.1, 0.15) is 5.76 Å². The van der Waals surface area contributed by atoms with E-state index in [0.29, 0.717) is 11.3 Å². The van der Waals surface area contributed by atoms with Gasteiger partial charge in [0.25, 0.3) is 11.6 Å². The number of carbonyl (C=O) groups is 1. The lowest BCUT2D eigenvalue weighted by Gasteiger charge is -2.09. The van der Waals surface area contributed by atoms with Gasteiger partial charge in [-0.3, -0.25) is 20.2 Å². The number of rotatable bonds is 4. The van der Waals surface area contributed by atoms with Crippen molar-refractivity contribution in [2.24, 2.45) is 0 Å². The molecular weight excluding hydrogens is 481 g/mol. The predicted molar refractivity (Wildman–Crippen MR) is 114 cm³/mol. The van der Waals surface area contributed by atoms with Crippen molar-refractivity contribution in [1.29, 1.82) is 0 Å². The standard InChI is InChI=1S/C18H12IN3O4S/c19-13-6-1-2-7-14(13)20-18(27)21-17(23)16-9-8-15(26-16)11-4-3-5-12(10-11)22(24)25/h1-10H,(H2,20,21,23,27). The van der Waals surface area contributed by atoms with Crippen molar-refractivity contribution in [2.45, 2.75) is 0 Å². The number of non-ortho nitro benzene ring substituents is 1. The summed E-state index contributed by atoms with van der Waals surface area (Å²) in [6, 6.07) is 16.5. The number of anilines is 1. The van der Waals surface area contributed by atoms with Gasteiger partial charge in [-0.05, 0) is 59.1 Å². The van der Waals surface area contributed by atoms with Gasteiger partial charge in [0.15, 0.2) is 10.9 Å². The number of amides is 1. The van der Waals surface area contributed by atoms with Crippen LogP contribution in [0.15, 0.2) is 65.1 Å². The Hall–Kier alpha value is -2.79. The zero-order valence-electron chi connectivity index (χ0n) is 13.6. The Labute approximate surface area is 173 Å². The molecule has 7 nitrogen and oxygen atoms in total. The Bertz CT molecular complexity index is 1030. The maximum absolute atomic E-state index is 12.3. The first-order chi connectivity index (χ1) is 12.9. The Kier molecular flexibility index (Phi) is 5.81. The fourth-order valence-corrected chi connectivity index (χ4v) is 2.99. The van der Waals surface area contributed by atoms with Crippen LogP contribution in [0.4, 0.5) is 11.4 Å². The zero-order chi connectivity index (χ0) is 19.4. The molecule has 3 rings (SSSR count). The molecule has 136 valence electrons. The molecule has 1 amide bonds. The third kappa shape index (κ3) is 4.68. The average molecular weight is 493 g/mol. The summed E-state index contributed by atoms with van der Waals surface area (Å²) in [5.41, 5.74) is 1.22. The van der Waals surface area contributed by atoms with Gasteiger partial charge in [-0.2, -0.15) is 0 Å². The third-order valence-corrected chi connectivity index (χ3v) is 4.67. The number of nitro benzene ring substituents is 1. The monoisotopic (exact) mass is 493 g/mol. The number of furan rings is 1. The van der Waals surface area contributed by atoms with E-state index in [0.717, 1.165) is 9.26 Å². The summed E-state index contributed by atoms with van der Waals surface area (Å²) in [6.45, 7) is 0. The molecule has 0 bridgehead atoms. The number of nitrogens with one attached hydrogen (secondary N) is 2. The number of carbonyl (C=O) groups excluding carboxylic acids is 1. The molecule has 1 aromatic heterocycles. The molecule has 3 aromatic rings. The van der Waals surface area contributed by atoms with E-state index in [2.05, 4.69) is 33.2 Å². The number of nitro groups is 1. The number of hydrogen-bond donors (Lipinski definition) is 2. The largest absolute Gasteiger partial charge is 0.451 e. The molecule has 1 heterocycles. The molecule has 0 saturated heterocycles. The van der Waals surface area contributed by atoms with Crippen LogP contribution in [0.3, 0.4) is 0 Å².